The maximum Gasteiger partial charge on any atom is 0.500 e. The Hall–Kier alpha value is -1.29. The fourth-order valence-corrected chi connectivity index (χ4v) is 4.07. The molecule has 0 aliphatic rings. The smallest absolute Gasteiger partial charge is 0.481 e. The Balaban J connectivity index is 0.00000129. The number of rotatable bonds is 11. The van der Waals surface area contributed by atoms with Gasteiger partial charge in [-0.2, -0.15) is 0 Å². The third kappa shape index (κ3) is 11.0. The van der Waals surface area contributed by atoms with E-state index >= 15 is 0 Å². The minimum Gasteiger partial charge on any atom is -0.481 e. The standard InChI is InChI=1S/C15H28N2O3Si.C2H4O2/c1-18-21(19-2,20-3)13-7-11-17(12-10-16)14-15-8-5-4-6-9-15;1-2(3)4/h4-6,8-9H,7,10-14,16H2,1-3H3;1H3,(H,3,4). The van der Waals surface area contributed by atoms with Crippen molar-refractivity contribution in [3.63, 3.8) is 0 Å². The number of benzene rings is 1. The average molecular weight is 373 g/mol. The van der Waals surface area contributed by atoms with Gasteiger partial charge in [-0.15, -0.1) is 0 Å². The molecule has 0 aliphatic carbocycles. The molecule has 25 heavy (non-hydrogen) atoms. The Morgan fingerprint density at radius 3 is 2.08 bits per heavy atom. The molecule has 7 nitrogen and oxygen atoms in total. The molecule has 0 heterocycles. The minimum atomic E-state index is -2.46. The van der Waals surface area contributed by atoms with Crippen molar-refractivity contribution in [3.8, 4) is 0 Å². The molecule has 0 saturated carbocycles. The minimum absolute atomic E-state index is 0.661. The van der Waals surface area contributed by atoms with Gasteiger partial charge in [-0.25, -0.2) is 0 Å². The van der Waals surface area contributed by atoms with E-state index in [1.165, 1.54) is 5.56 Å². The summed E-state index contributed by atoms with van der Waals surface area (Å²) in [5, 5.41) is 7.42. The van der Waals surface area contributed by atoms with Crippen LogP contribution in [0.3, 0.4) is 0 Å². The van der Waals surface area contributed by atoms with Crippen LogP contribution in [0.25, 0.3) is 0 Å². The van der Waals surface area contributed by atoms with Crippen molar-refractivity contribution in [1.82, 2.24) is 4.90 Å². The van der Waals surface area contributed by atoms with Crippen LogP contribution in [0.1, 0.15) is 18.9 Å². The van der Waals surface area contributed by atoms with Gasteiger partial charge in [0.05, 0.1) is 0 Å². The lowest BCUT2D eigenvalue weighted by atomic mass is 10.2. The van der Waals surface area contributed by atoms with Crippen LogP contribution in [-0.4, -0.2) is 65.7 Å². The zero-order valence-electron chi connectivity index (χ0n) is 15.7. The van der Waals surface area contributed by atoms with E-state index in [9.17, 15) is 0 Å². The fraction of sp³-hybridized carbons (Fsp3) is 0.588. The van der Waals surface area contributed by atoms with Gasteiger partial charge in [0, 0.05) is 53.9 Å². The van der Waals surface area contributed by atoms with Crippen molar-refractivity contribution in [2.24, 2.45) is 5.73 Å². The molecule has 0 spiro atoms. The summed E-state index contributed by atoms with van der Waals surface area (Å²) in [4.78, 5) is 11.4. The highest BCUT2D eigenvalue weighted by atomic mass is 28.4. The average Bonchev–Trinajstić information content (AvgIpc) is 2.60. The summed E-state index contributed by atoms with van der Waals surface area (Å²) in [5.41, 5.74) is 7.02. The van der Waals surface area contributed by atoms with Crippen LogP contribution in [0.2, 0.25) is 6.04 Å². The lowest BCUT2D eigenvalue weighted by Gasteiger charge is -2.26. The molecule has 0 radical (unpaired) electrons. The van der Waals surface area contributed by atoms with Gasteiger partial charge in [-0.3, -0.25) is 9.69 Å². The molecule has 1 aromatic rings. The summed E-state index contributed by atoms with van der Waals surface area (Å²) in [7, 11) is 2.50. The maximum absolute atomic E-state index is 9.00. The highest BCUT2D eigenvalue weighted by molar-refractivity contribution is 6.60. The Morgan fingerprint density at radius 1 is 1.12 bits per heavy atom. The van der Waals surface area contributed by atoms with Gasteiger partial charge in [0.2, 0.25) is 0 Å². The molecule has 0 unspecified atom stereocenters. The van der Waals surface area contributed by atoms with Gasteiger partial charge in [0.25, 0.3) is 5.97 Å². The monoisotopic (exact) mass is 372 g/mol. The van der Waals surface area contributed by atoms with Gasteiger partial charge in [0.1, 0.15) is 0 Å². The third-order valence-electron chi connectivity index (χ3n) is 3.58. The second-order valence-corrected chi connectivity index (χ2v) is 8.56. The number of carboxylic acid groups (broad SMARTS) is 1. The molecule has 1 aromatic carbocycles. The summed E-state index contributed by atoms with van der Waals surface area (Å²) in [6.07, 6.45) is 0.967. The van der Waals surface area contributed by atoms with Crippen LogP contribution in [0.5, 0.6) is 0 Å². The van der Waals surface area contributed by atoms with E-state index in [1.807, 2.05) is 6.07 Å². The van der Waals surface area contributed by atoms with Gasteiger partial charge in [-0.1, -0.05) is 30.3 Å². The van der Waals surface area contributed by atoms with Crippen molar-refractivity contribution in [1.29, 1.82) is 0 Å². The molecule has 1 rings (SSSR count). The zero-order valence-corrected chi connectivity index (χ0v) is 16.7. The van der Waals surface area contributed by atoms with Crippen molar-refractivity contribution in [3.05, 3.63) is 35.9 Å². The number of hydrogen-bond acceptors (Lipinski definition) is 6. The third-order valence-corrected chi connectivity index (χ3v) is 6.42. The summed E-state index contributed by atoms with van der Waals surface area (Å²) >= 11 is 0. The van der Waals surface area contributed by atoms with E-state index in [-0.39, 0.29) is 0 Å². The molecule has 3 N–H and O–H groups in total. The fourth-order valence-electron chi connectivity index (χ4n) is 2.37. The molecule has 0 aliphatic heterocycles. The molecule has 144 valence electrons. The first-order valence-electron chi connectivity index (χ1n) is 8.24. The van der Waals surface area contributed by atoms with E-state index in [4.69, 9.17) is 28.9 Å². The predicted molar refractivity (Wildman–Crippen MR) is 100 cm³/mol. The molecule has 0 amide bonds. The zero-order chi connectivity index (χ0) is 19.1. The van der Waals surface area contributed by atoms with Crippen molar-refractivity contribution in [2.75, 3.05) is 41.0 Å². The number of aliphatic carboxylic acids is 1. The molecule has 0 aromatic heterocycles. The lowest BCUT2D eigenvalue weighted by molar-refractivity contribution is -0.134. The van der Waals surface area contributed by atoms with Crippen molar-refractivity contribution < 1.29 is 23.2 Å². The van der Waals surface area contributed by atoms with Crippen LogP contribution in [0.15, 0.2) is 30.3 Å². The molecule has 0 fully saturated rings. The van der Waals surface area contributed by atoms with E-state index in [0.717, 1.165) is 39.0 Å². The SMILES string of the molecule is CC(=O)O.CO[Si](CCCN(CCN)Cc1ccccc1)(OC)OC. The van der Waals surface area contributed by atoms with Gasteiger partial charge < -0.3 is 24.1 Å². The van der Waals surface area contributed by atoms with Gasteiger partial charge in [0.15, 0.2) is 0 Å². The first-order valence-corrected chi connectivity index (χ1v) is 10.2. The van der Waals surface area contributed by atoms with E-state index in [1.54, 1.807) is 21.3 Å². The predicted octanol–water partition coefficient (Wildman–Crippen LogP) is 1.81. The van der Waals surface area contributed by atoms with Crippen LogP contribution < -0.4 is 5.73 Å². The van der Waals surface area contributed by atoms with Gasteiger partial charge >= 0.3 is 8.80 Å². The summed E-state index contributed by atoms with van der Waals surface area (Å²) in [5.74, 6) is -0.833. The number of carbonyl (C=O) groups is 1. The Kier molecular flexibility index (Phi) is 13.2. The Morgan fingerprint density at radius 2 is 1.64 bits per heavy atom. The van der Waals surface area contributed by atoms with Crippen LogP contribution in [0, 0.1) is 0 Å². The number of hydrogen-bond donors (Lipinski definition) is 2. The van der Waals surface area contributed by atoms with Crippen LogP contribution >= 0.6 is 0 Å². The van der Waals surface area contributed by atoms with Crippen molar-refractivity contribution >= 4 is 14.8 Å². The molecule has 8 heteroatoms. The number of carboxylic acids is 1. The largest absolute Gasteiger partial charge is 0.500 e. The lowest BCUT2D eigenvalue weighted by Crippen LogP contribution is -2.43. The Labute approximate surface area is 152 Å². The van der Waals surface area contributed by atoms with E-state index in [0.29, 0.717) is 6.54 Å². The number of nitrogens with two attached hydrogens (primary N) is 1. The normalized spacial score (nSPS) is 11.1. The highest BCUT2D eigenvalue weighted by Crippen LogP contribution is 2.16. The first kappa shape index (κ1) is 23.7. The molecular weight excluding hydrogens is 340 g/mol. The van der Waals surface area contributed by atoms with E-state index < -0.39 is 14.8 Å². The quantitative estimate of drug-likeness (QED) is 0.572. The van der Waals surface area contributed by atoms with Crippen molar-refractivity contribution in [2.45, 2.75) is 25.9 Å². The van der Waals surface area contributed by atoms with Crippen LogP contribution in [-0.2, 0) is 24.6 Å². The summed E-state index contributed by atoms with van der Waals surface area (Å²) in [6.45, 7) is 4.50. The molecule has 0 bridgehead atoms. The molecule has 0 saturated heterocycles. The second kappa shape index (κ2) is 13.9. The van der Waals surface area contributed by atoms with Crippen LogP contribution in [0.4, 0.5) is 0 Å². The molecule has 0 atom stereocenters. The first-order chi connectivity index (χ1) is 11.9. The summed E-state index contributed by atoms with van der Waals surface area (Å²) < 4.78 is 16.3. The Bertz CT molecular complexity index is 445. The topological polar surface area (TPSA) is 94.3 Å². The summed E-state index contributed by atoms with van der Waals surface area (Å²) in [6, 6.07) is 11.3. The van der Waals surface area contributed by atoms with Gasteiger partial charge in [-0.05, 0) is 18.5 Å². The maximum atomic E-state index is 9.00. The highest BCUT2D eigenvalue weighted by Gasteiger charge is 2.36. The second-order valence-electron chi connectivity index (χ2n) is 5.47. The van der Waals surface area contributed by atoms with E-state index in [2.05, 4.69) is 29.2 Å². The molecular formula is C17H32N2O5Si. The number of nitrogens with zero attached hydrogens (tertiary/aromatic N) is 1.